The largest absolute Gasteiger partial charge is 0.394 e. The zero-order valence-corrected chi connectivity index (χ0v) is 41.5. The number of carbonyl (C=O) groups is 1. The second-order valence-electron chi connectivity index (χ2n) is 18.8. The number of hydrogen-bond acceptors (Lipinski definition) is 4. The average Bonchev–Trinajstić information content (AvgIpc) is 3.28. The smallest absolute Gasteiger partial charge is 0.249 e. The van der Waals surface area contributed by atoms with E-state index < -0.39 is 24.2 Å². The van der Waals surface area contributed by atoms with Crippen molar-refractivity contribution in [3.63, 3.8) is 0 Å². The molecule has 3 atom stereocenters. The second-order valence-corrected chi connectivity index (χ2v) is 18.8. The molecule has 0 aromatic rings. The lowest BCUT2D eigenvalue weighted by atomic mass is 10.0. The van der Waals surface area contributed by atoms with Crippen LogP contribution in [-0.4, -0.2) is 46.1 Å². The van der Waals surface area contributed by atoms with E-state index in [1.165, 1.54) is 218 Å². The summed E-state index contributed by atoms with van der Waals surface area (Å²) in [4.78, 5) is 12.5. The van der Waals surface area contributed by atoms with E-state index in [4.69, 9.17) is 0 Å². The van der Waals surface area contributed by atoms with E-state index in [9.17, 15) is 20.1 Å². The van der Waals surface area contributed by atoms with Crippen molar-refractivity contribution in [3.05, 3.63) is 48.6 Å². The van der Waals surface area contributed by atoms with Crippen molar-refractivity contribution in [1.29, 1.82) is 0 Å². The lowest BCUT2D eigenvalue weighted by molar-refractivity contribution is -0.131. The van der Waals surface area contributed by atoms with Gasteiger partial charge >= 0.3 is 0 Å². The molecular weight excluding hydrogens is 763 g/mol. The van der Waals surface area contributed by atoms with E-state index in [2.05, 4.69) is 55.6 Å². The van der Waals surface area contributed by atoms with Crippen molar-refractivity contribution >= 4 is 5.91 Å². The first-order valence-electron chi connectivity index (χ1n) is 27.5. The van der Waals surface area contributed by atoms with Gasteiger partial charge in [-0.1, -0.05) is 268 Å². The van der Waals surface area contributed by atoms with Crippen molar-refractivity contribution in [3.8, 4) is 0 Å². The Bertz CT molecular complexity index is 1000. The van der Waals surface area contributed by atoms with Gasteiger partial charge in [0.1, 0.15) is 6.10 Å². The normalized spacial score (nSPS) is 13.7. The predicted molar refractivity (Wildman–Crippen MR) is 273 cm³/mol. The fourth-order valence-electron chi connectivity index (χ4n) is 8.35. The third kappa shape index (κ3) is 46.3. The lowest BCUT2D eigenvalue weighted by Crippen LogP contribution is -2.48. The van der Waals surface area contributed by atoms with E-state index in [0.717, 1.165) is 44.9 Å². The van der Waals surface area contributed by atoms with Gasteiger partial charge in [-0.15, -0.1) is 0 Å². The summed E-state index contributed by atoms with van der Waals surface area (Å²) < 4.78 is 0. The predicted octanol–water partition coefficient (Wildman–Crippen LogP) is 16.8. The van der Waals surface area contributed by atoms with Crippen molar-refractivity contribution in [1.82, 2.24) is 5.32 Å². The van der Waals surface area contributed by atoms with Crippen LogP contribution in [-0.2, 0) is 4.79 Å². The zero-order chi connectivity index (χ0) is 45.1. The van der Waals surface area contributed by atoms with Gasteiger partial charge in [-0.3, -0.25) is 4.79 Å². The maximum absolute atomic E-state index is 12.5. The molecule has 0 bridgehead atoms. The number of aliphatic hydroxyl groups excluding tert-OH is 3. The van der Waals surface area contributed by atoms with Crippen molar-refractivity contribution in [2.75, 3.05) is 6.61 Å². The molecule has 0 aromatic carbocycles. The molecule has 0 aliphatic carbocycles. The summed E-state index contributed by atoms with van der Waals surface area (Å²) in [5, 5.41) is 33.3. The Morgan fingerprint density at radius 1 is 0.403 bits per heavy atom. The molecule has 5 heteroatoms. The maximum Gasteiger partial charge on any atom is 0.249 e. The Morgan fingerprint density at radius 2 is 0.710 bits per heavy atom. The highest BCUT2D eigenvalue weighted by molar-refractivity contribution is 5.80. The first-order valence-corrected chi connectivity index (χ1v) is 27.5. The van der Waals surface area contributed by atoms with Crippen LogP contribution in [0.15, 0.2) is 48.6 Å². The molecule has 4 N–H and O–H groups in total. The SMILES string of the molecule is CCCCCCCCCCC/C=C\C/C=C\CCCCCCCCCCC(O)C(=O)NC(CO)C(O)/C=C/CC/C=C/CCCCCCCCCCCCCCCCCCCC. The lowest BCUT2D eigenvalue weighted by Gasteiger charge is -2.21. The first kappa shape index (κ1) is 60.3. The fourth-order valence-corrected chi connectivity index (χ4v) is 8.35. The van der Waals surface area contributed by atoms with Gasteiger partial charge in [0.05, 0.1) is 18.8 Å². The summed E-state index contributed by atoms with van der Waals surface area (Å²) >= 11 is 0. The minimum atomic E-state index is -1.11. The van der Waals surface area contributed by atoms with Crippen LogP contribution in [0.2, 0.25) is 0 Å². The van der Waals surface area contributed by atoms with Crippen LogP contribution in [0.25, 0.3) is 0 Å². The van der Waals surface area contributed by atoms with Gasteiger partial charge in [-0.05, 0) is 64.2 Å². The summed E-state index contributed by atoms with van der Waals surface area (Å²) in [7, 11) is 0. The molecule has 0 aliphatic rings. The molecule has 0 fully saturated rings. The van der Waals surface area contributed by atoms with Gasteiger partial charge in [0, 0.05) is 0 Å². The molecule has 0 saturated heterocycles. The van der Waals surface area contributed by atoms with Gasteiger partial charge in [0.15, 0.2) is 0 Å². The van der Waals surface area contributed by atoms with E-state index in [0.29, 0.717) is 6.42 Å². The molecule has 0 spiro atoms. The minimum absolute atomic E-state index is 0.379. The van der Waals surface area contributed by atoms with Gasteiger partial charge in [0.2, 0.25) is 5.91 Å². The average molecular weight is 870 g/mol. The highest BCUT2D eigenvalue weighted by Crippen LogP contribution is 2.16. The number of unbranched alkanes of at least 4 members (excludes halogenated alkanes) is 36. The summed E-state index contributed by atoms with van der Waals surface area (Å²) in [6.07, 6.45) is 69.0. The van der Waals surface area contributed by atoms with E-state index >= 15 is 0 Å². The number of rotatable bonds is 50. The number of nitrogens with one attached hydrogen (secondary N) is 1. The molecule has 62 heavy (non-hydrogen) atoms. The fraction of sp³-hybridized carbons (Fsp3) is 0.842. The van der Waals surface area contributed by atoms with Crippen LogP contribution in [0.5, 0.6) is 0 Å². The Morgan fingerprint density at radius 3 is 1.08 bits per heavy atom. The molecule has 5 nitrogen and oxygen atoms in total. The van der Waals surface area contributed by atoms with Crippen LogP contribution in [0.4, 0.5) is 0 Å². The molecule has 3 unspecified atom stereocenters. The van der Waals surface area contributed by atoms with Crippen LogP contribution in [0.3, 0.4) is 0 Å². The van der Waals surface area contributed by atoms with Crippen LogP contribution >= 0.6 is 0 Å². The van der Waals surface area contributed by atoms with Gasteiger partial charge in [-0.25, -0.2) is 0 Å². The highest BCUT2D eigenvalue weighted by atomic mass is 16.3. The Kier molecular flexibility index (Phi) is 50.5. The molecule has 0 aliphatic heterocycles. The minimum Gasteiger partial charge on any atom is -0.394 e. The maximum atomic E-state index is 12.5. The molecular formula is C57H107NO4. The molecule has 0 aromatic heterocycles. The summed E-state index contributed by atoms with van der Waals surface area (Å²) in [5.74, 6) is -0.516. The molecule has 0 heterocycles. The number of amides is 1. The van der Waals surface area contributed by atoms with Crippen LogP contribution in [0.1, 0.15) is 284 Å². The van der Waals surface area contributed by atoms with E-state index in [1.807, 2.05) is 6.08 Å². The third-order valence-electron chi connectivity index (χ3n) is 12.6. The third-order valence-corrected chi connectivity index (χ3v) is 12.6. The van der Waals surface area contributed by atoms with Crippen molar-refractivity contribution < 1.29 is 20.1 Å². The molecule has 1 amide bonds. The van der Waals surface area contributed by atoms with E-state index in [-0.39, 0.29) is 6.61 Å². The van der Waals surface area contributed by atoms with Gasteiger partial charge in [0.25, 0.3) is 0 Å². The standard InChI is InChI=1S/C57H107NO4/c1-3-5-7-9-11-13-15-17-19-21-23-25-27-29-31-33-35-37-39-41-43-45-47-49-51-55(60)54(53-59)58-57(62)56(61)52-50-48-46-44-42-40-38-36-34-32-30-28-26-24-22-20-18-16-14-12-10-8-6-4-2/h24,26,30,32,41,43,49,51,54-56,59-61H,3-23,25,27-29,31,33-40,42,44-48,50,52-53H2,1-2H3,(H,58,62)/b26-24-,32-30-,43-41+,51-49+. The molecule has 0 saturated carbocycles. The summed E-state index contributed by atoms with van der Waals surface area (Å²) in [6.45, 7) is 4.19. The number of hydrogen-bond donors (Lipinski definition) is 4. The molecule has 364 valence electrons. The van der Waals surface area contributed by atoms with E-state index in [1.54, 1.807) is 6.08 Å². The Hall–Kier alpha value is -1.69. The number of carbonyl (C=O) groups excluding carboxylic acids is 1. The van der Waals surface area contributed by atoms with Crippen LogP contribution < -0.4 is 5.32 Å². The Labute approximate surface area is 387 Å². The monoisotopic (exact) mass is 870 g/mol. The van der Waals surface area contributed by atoms with Gasteiger partial charge in [-0.2, -0.15) is 0 Å². The zero-order valence-electron chi connectivity index (χ0n) is 41.5. The first-order chi connectivity index (χ1) is 30.6. The van der Waals surface area contributed by atoms with Crippen molar-refractivity contribution in [2.45, 2.75) is 302 Å². The summed E-state index contributed by atoms with van der Waals surface area (Å²) in [5.41, 5.74) is 0. The highest BCUT2D eigenvalue weighted by Gasteiger charge is 2.22. The Balaban J connectivity index is 3.65. The van der Waals surface area contributed by atoms with Gasteiger partial charge < -0.3 is 20.6 Å². The van der Waals surface area contributed by atoms with Crippen LogP contribution in [0, 0.1) is 0 Å². The van der Waals surface area contributed by atoms with Crippen molar-refractivity contribution in [2.24, 2.45) is 0 Å². The topological polar surface area (TPSA) is 89.8 Å². The summed E-state index contributed by atoms with van der Waals surface area (Å²) in [6, 6.07) is -0.819. The second kappa shape index (κ2) is 51.9. The molecule has 0 rings (SSSR count). The quantitative estimate of drug-likeness (QED) is 0.0362. The molecule has 0 radical (unpaired) electrons. The number of allylic oxidation sites excluding steroid dienone is 7. The number of aliphatic hydroxyl groups is 3.